The van der Waals surface area contributed by atoms with Crippen molar-refractivity contribution in [1.29, 1.82) is 0 Å². The number of hydrogen-bond acceptors (Lipinski definition) is 5. The first-order valence-electron chi connectivity index (χ1n) is 7.27. The van der Waals surface area contributed by atoms with E-state index in [0.29, 0.717) is 6.61 Å². The first-order valence-corrected chi connectivity index (χ1v) is 7.27. The van der Waals surface area contributed by atoms with Gasteiger partial charge >= 0.3 is 0 Å². The van der Waals surface area contributed by atoms with E-state index in [4.69, 9.17) is 4.74 Å². The monoisotopic (exact) mass is 316 g/mol. The van der Waals surface area contributed by atoms with Crippen molar-refractivity contribution >= 4 is 23.6 Å². The van der Waals surface area contributed by atoms with Crippen LogP contribution in [0.5, 0.6) is 0 Å². The molecule has 0 spiro atoms. The van der Waals surface area contributed by atoms with Crippen LogP contribution in [-0.2, 0) is 20.9 Å². The molecule has 1 aromatic rings. The molecule has 2 aliphatic heterocycles. The summed E-state index contributed by atoms with van der Waals surface area (Å²) in [5.74, 6) is -2.44. The van der Waals surface area contributed by atoms with E-state index < -0.39 is 35.6 Å². The van der Waals surface area contributed by atoms with Gasteiger partial charge in [0.25, 0.3) is 11.8 Å². The Morgan fingerprint density at radius 3 is 2.52 bits per heavy atom. The number of nitrogens with one attached hydrogen (secondary N) is 1. The molecule has 7 nitrogen and oxygen atoms in total. The number of methoxy groups -OCH3 is 1. The number of amides is 4. The van der Waals surface area contributed by atoms with Gasteiger partial charge in [0.05, 0.1) is 17.7 Å². The summed E-state index contributed by atoms with van der Waals surface area (Å²) in [6.45, 7) is 2.00. The highest BCUT2D eigenvalue weighted by atomic mass is 16.5. The molecular formula is C16H16N2O5. The van der Waals surface area contributed by atoms with Gasteiger partial charge in [0.1, 0.15) is 6.04 Å². The minimum absolute atomic E-state index is 0.0960. The van der Waals surface area contributed by atoms with E-state index in [-0.39, 0.29) is 17.5 Å². The van der Waals surface area contributed by atoms with Crippen LogP contribution in [0, 0.1) is 5.92 Å². The Balaban J connectivity index is 1.96. The molecule has 2 heterocycles. The lowest BCUT2D eigenvalue weighted by Gasteiger charge is -2.32. The number of imide groups is 2. The second-order valence-electron chi connectivity index (χ2n) is 5.83. The molecule has 1 N–H and O–H groups in total. The summed E-state index contributed by atoms with van der Waals surface area (Å²) in [6.07, 6.45) is 0.0960. The first-order chi connectivity index (χ1) is 10.9. The molecule has 1 saturated heterocycles. The van der Waals surface area contributed by atoms with Crippen molar-refractivity contribution < 1.29 is 23.9 Å². The van der Waals surface area contributed by atoms with E-state index >= 15 is 0 Å². The Morgan fingerprint density at radius 2 is 1.87 bits per heavy atom. The number of piperidine rings is 1. The van der Waals surface area contributed by atoms with Gasteiger partial charge in [-0.1, -0.05) is 13.0 Å². The molecule has 23 heavy (non-hydrogen) atoms. The molecule has 0 saturated carbocycles. The van der Waals surface area contributed by atoms with Crippen molar-refractivity contribution in [1.82, 2.24) is 10.2 Å². The average Bonchev–Trinajstić information content (AvgIpc) is 2.72. The first kappa shape index (κ1) is 15.4. The summed E-state index contributed by atoms with van der Waals surface area (Å²) in [5.41, 5.74) is 1.30. The van der Waals surface area contributed by atoms with E-state index in [1.54, 1.807) is 25.1 Å². The molecule has 7 heteroatoms. The fourth-order valence-corrected chi connectivity index (χ4v) is 3.11. The molecule has 1 aromatic carbocycles. The second kappa shape index (κ2) is 5.58. The van der Waals surface area contributed by atoms with Crippen LogP contribution in [0.1, 0.15) is 39.6 Å². The smallest absolute Gasteiger partial charge is 0.262 e. The summed E-state index contributed by atoms with van der Waals surface area (Å²) >= 11 is 0. The summed E-state index contributed by atoms with van der Waals surface area (Å²) in [7, 11) is 1.54. The summed E-state index contributed by atoms with van der Waals surface area (Å²) in [6, 6.07) is 3.92. The summed E-state index contributed by atoms with van der Waals surface area (Å²) in [4.78, 5) is 49.7. The maximum Gasteiger partial charge on any atom is 0.262 e. The third-order valence-electron chi connectivity index (χ3n) is 4.15. The lowest BCUT2D eigenvalue weighted by molar-refractivity contribution is -0.138. The Morgan fingerprint density at radius 1 is 1.17 bits per heavy atom. The zero-order valence-corrected chi connectivity index (χ0v) is 12.8. The van der Waals surface area contributed by atoms with Gasteiger partial charge in [-0.3, -0.25) is 29.4 Å². The van der Waals surface area contributed by atoms with E-state index in [2.05, 4.69) is 5.32 Å². The van der Waals surface area contributed by atoms with Crippen molar-refractivity contribution in [2.75, 3.05) is 7.11 Å². The van der Waals surface area contributed by atoms with Crippen LogP contribution in [0.25, 0.3) is 0 Å². The number of hydrogen-bond donors (Lipinski definition) is 1. The number of benzene rings is 1. The van der Waals surface area contributed by atoms with E-state index in [0.717, 1.165) is 10.5 Å². The molecule has 120 valence electrons. The Labute approximate surface area is 132 Å². The molecule has 0 bridgehead atoms. The zero-order valence-electron chi connectivity index (χ0n) is 12.8. The van der Waals surface area contributed by atoms with Crippen molar-refractivity contribution in [2.45, 2.75) is 26.0 Å². The molecule has 4 amide bonds. The molecule has 0 radical (unpaired) electrons. The number of carbonyl (C=O) groups is 4. The van der Waals surface area contributed by atoms with Crippen LogP contribution in [0.2, 0.25) is 0 Å². The minimum Gasteiger partial charge on any atom is -0.380 e. The number of rotatable bonds is 3. The van der Waals surface area contributed by atoms with E-state index in [1.165, 1.54) is 7.11 Å². The molecule has 0 unspecified atom stereocenters. The average molecular weight is 316 g/mol. The number of ether oxygens (including phenoxy) is 1. The van der Waals surface area contributed by atoms with Gasteiger partial charge in [0.2, 0.25) is 11.8 Å². The number of nitrogens with zero attached hydrogens (tertiary/aromatic N) is 1. The fourth-order valence-electron chi connectivity index (χ4n) is 3.11. The molecular weight excluding hydrogens is 300 g/mol. The lowest BCUT2D eigenvalue weighted by atomic mass is 9.92. The molecule has 2 aliphatic rings. The van der Waals surface area contributed by atoms with Crippen LogP contribution in [-0.4, -0.2) is 41.7 Å². The van der Waals surface area contributed by atoms with Gasteiger partial charge < -0.3 is 4.74 Å². The lowest BCUT2D eigenvalue weighted by Crippen LogP contribution is -2.58. The van der Waals surface area contributed by atoms with Crippen LogP contribution < -0.4 is 5.32 Å². The fraction of sp³-hybridized carbons (Fsp3) is 0.375. The van der Waals surface area contributed by atoms with Gasteiger partial charge in [-0.25, -0.2) is 0 Å². The van der Waals surface area contributed by atoms with E-state index in [9.17, 15) is 19.2 Å². The maximum absolute atomic E-state index is 12.6. The third-order valence-corrected chi connectivity index (χ3v) is 4.15. The highest BCUT2D eigenvalue weighted by molar-refractivity contribution is 6.23. The predicted octanol–water partition coefficient (Wildman–Crippen LogP) is 0.480. The summed E-state index contributed by atoms with van der Waals surface area (Å²) < 4.78 is 5.03. The van der Waals surface area contributed by atoms with Crippen molar-refractivity contribution in [2.24, 2.45) is 5.92 Å². The van der Waals surface area contributed by atoms with Gasteiger partial charge in [0.15, 0.2) is 0 Å². The van der Waals surface area contributed by atoms with Crippen LogP contribution in [0.4, 0.5) is 0 Å². The molecule has 3 rings (SSSR count). The third kappa shape index (κ3) is 2.43. The molecule has 0 aliphatic carbocycles. The second-order valence-corrected chi connectivity index (χ2v) is 5.83. The van der Waals surface area contributed by atoms with Gasteiger partial charge in [0, 0.05) is 13.5 Å². The highest BCUT2D eigenvalue weighted by Crippen LogP contribution is 2.30. The summed E-state index contributed by atoms with van der Waals surface area (Å²) in [5, 5.41) is 2.19. The Hall–Kier alpha value is -2.54. The normalized spacial score (nSPS) is 24.0. The van der Waals surface area contributed by atoms with Crippen LogP contribution in [0.3, 0.4) is 0 Å². The minimum atomic E-state index is -0.967. The number of fused-ring (bicyclic) bond motifs is 1. The molecule has 2 atom stereocenters. The van der Waals surface area contributed by atoms with Crippen molar-refractivity contribution in [3.05, 3.63) is 34.9 Å². The maximum atomic E-state index is 12.6. The van der Waals surface area contributed by atoms with Crippen molar-refractivity contribution in [3.8, 4) is 0 Å². The largest absolute Gasteiger partial charge is 0.380 e. The highest BCUT2D eigenvalue weighted by Gasteiger charge is 2.47. The quantitative estimate of drug-likeness (QED) is 0.819. The molecule has 1 fully saturated rings. The predicted molar refractivity (Wildman–Crippen MR) is 78.4 cm³/mol. The van der Waals surface area contributed by atoms with Gasteiger partial charge in [-0.2, -0.15) is 0 Å². The number of carbonyl (C=O) groups excluding carboxylic acids is 4. The zero-order chi connectivity index (χ0) is 16.7. The van der Waals surface area contributed by atoms with E-state index in [1.807, 2.05) is 0 Å². The molecule has 0 aromatic heterocycles. The Bertz CT molecular complexity index is 727. The SMILES string of the molecule is COCc1ccc2c(c1)C(=O)N([C@H]1C(=O)NC(=O)C[C@H]1C)C2=O. The Kier molecular flexibility index (Phi) is 3.73. The van der Waals surface area contributed by atoms with Crippen LogP contribution >= 0.6 is 0 Å². The topological polar surface area (TPSA) is 92.8 Å². The van der Waals surface area contributed by atoms with Crippen LogP contribution in [0.15, 0.2) is 18.2 Å². The van der Waals surface area contributed by atoms with Gasteiger partial charge in [-0.05, 0) is 23.6 Å². The van der Waals surface area contributed by atoms with Crippen molar-refractivity contribution in [3.63, 3.8) is 0 Å². The van der Waals surface area contributed by atoms with Gasteiger partial charge in [-0.15, -0.1) is 0 Å². The standard InChI is InChI=1S/C16H16N2O5/c1-8-5-12(19)17-14(20)13(8)18-15(21)10-4-3-9(7-23-2)6-11(10)16(18)22/h3-4,6,8,13H,5,7H2,1-2H3,(H,17,19,20)/t8-,13-/m1/s1.